The standard InChI is InChI=1S/C19H20BrNO4/c1-21-15-6-5-12(20)10-13(15)14(19(21)22)7-11-8-16(23-2)18(25-4)17(9-11)24-3/h5-6,8-10,14H,7H2,1-4H3. The summed E-state index contributed by atoms with van der Waals surface area (Å²) in [6.07, 6.45) is 0.559. The minimum Gasteiger partial charge on any atom is -0.493 e. The van der Waals surface area contributed by atoms with Crippen LogP contribution in [-0.2, 0) is 11.2 Å². The van der Waals surface area contributed by atoms with Crippen LogP contribution in [0.3, 0.4) is 0 Å². The SMILES string of the molecule is COc1cc(CC2C(=O)N(C)c3ccc(Br)cc32)cc(OC)c1OC. The number of nitrogens with zero attached hydrogens (tertiary/aromatic N) is 1. The minimum atomic E-state index is -0.236. The van der Waals surface area contributed by atoms with Gasteiger partial charge in [-0.15, -0.1) is 0 Å². The lowest BCUT2D eigenvalue weighted by molar-refractivity contribution is -0.119. The summed E-state index contributed by atoms with van der Waals surface area (Å²) in [4.78, 5) is 14.4. The van der Waals surface area contributed by atoms with Gasteiger partial charge in [0.05, 0.1) is 27.2 Å². The number of methoxy groups -OCH3 is 3. The number of ether oxygens (including phenoxy) is 3. The van der Waals surface area contributed by atoms with Gasteiger partial charge < -0.3 is 19.1 Å². The van der Waals surface area contributed by atoms with Crippen molar-refractivity contribution in [3.8, 4) is 17.2 Å². The van der Waals surface area contributed by atoms with Gasteiger partial charge in [-0.3, -0.25) is 4.79 Å². The third-order valence-electron chi connectivity index (χ3n) is 4.52. The lowest BCUT2D eigenvalue weighted by atomic mass is 9.93. The Bertz CT molecular complexity index is 796. The molecular formula is C19H20BrNO4. The van der Waals surface area contributed by atoms with Crippen LogP contribution >= 0.6 is 15.9 Å². The first-order valence-corrected chi connectivity index (χ1v) is 8.65. The lowest BCUT2D eigenvalue weighted by Crippen LogP contribution is -2.24. The summed E-state index contributed by atoms with van der Waals surface area (Å²) < 4.78 is 17.1. The Kier molecular flexibility index (Phi) is 4.90. The number of likely N-dealkylation sites (N-methyl/N-ethyl adjacent to an activating group) is 1. The molecule has 25 heavy (non-hydrogen) atoms. The molecule has 0 radical (unpaired) electrons. The van der Waals surface area contributed by atoms with Crippen LogP contribution in [0.4, 0.5) is 5.69 Å². The second kappa shape index (κ2) is 6.96. The summed E-state index contributed by atoms with van der Waals surface area (Å²) in [5.41, 5.74) is 2.93. The molecule has 0 bridgehead atoms. The number of amides is 1. The fourth-order valence-electron chi connectivity index (χ4n) is 3.28. The van der Waals surface area contributed by atoms with Gasteiger partial charge in [-0.25, -0.2) is 0 Å². The van der Waals surface area contributed by atoms with Gasteiger partial charge in [0.1, 0.15) is 0 Å². The van der Waals surface area contributed by atoms with E-state index in [2.05, 4.69) is 15.9 Å². The van der Waals surface area contributed by atoms with E-state index in [9.17, 15) is 4.79 Å². The van der Waals surface area contributed by atoms with Crippen molar-refractivity contribution in [1.82, 2.24) is 0 Å². The number of carbonyl (C=O) groups is 1. The summed E-state index contributed by atoms with van der Waals surface area (Å²) in [6, 6.07) is 9.71. The molecule has 5 nitrogen and oxygen atoms in total. The summed E-state index contributed by atoms with van der Waals surface area (Å²) in [7, 11) is 6.55. The molecule has 1 heterocycles. The molecule has 1 aliphatic heterocycles. The monoisotopic (exact) mass is 405 g/mol. The molecule has 0 aromatic heterocycles. The highest BCUT2D eigenvalue weighted by Crippen LogP contribution is 2.43. The van der Waals surface area contributed by atoms with Gasteiger partial charge in [0, 0.05) is 17.2 Å². The molecule has 0 fully saturated rings. The van der Waals surface area contributed by atoms with Crippen molar-refractivity contribution in [2.24, 2.45) is 0 Å². The van der Waals surface area contributed by atoms with Crippen molar-refractivity contribution in [2.45, 2.75) is 12.3 Å². The molecule has 0 N–H and O–H groups in total. The van der Waals surface area contributed by atoms with Crippen molar-refractivity contribution in [1.29, 1.82) is 0 Å². The number of rotatable bonds is 5. The molecule has 2 aromatic rings. The summed E-state index contributed by atoms with van der Waals surface area (Å²) >= 11 is 3.50. The normalized spacial score (nSPS) is 16.0. The molecule has 1 atom stereocenters. The van der Waals surface area contributed by atoms with Crippen LogP contribution < -0.4 is 19.1 Å². The third kappa shape index (κ3) is 3.06. The molecule has 132 valence electrons. The Morgan fingerprint density at radius 2 is 1.68 bits per heavy atom. The molecule has 0 saturated carbocycles. The average Bonchev–Trinajstić information content (AvgIpc) is 2.85. The molecule has 0 saturated heterocycles. The fourth-order valence-corrected chi connectivity index (χ4v) is 3.66. The second-order valence-electron chi connectivity index (χ2n) is 5.89. The number of anilines is 1. The number of benzene rings is 2. The first-order valence-electron chi connectivity index (χ1n) is 7.86. The van der Waals surface area contributed by atoms with Crippen LogP contribution in [0.5, 0.6) is 17.2 Å². The molecule has 0 spiro atoms. The third-order valence-corrected chi connectivity index (χ3v) is 5.01. The number of hydrogen-bond acceptors (Lipinski definition) is 4. The van der Waals surface area contributed by atoms with E-state index >= 15 is 0 Å². The highest BCUT2D eigenvalue weighted by molar-refractivity contribution is 9.10. The van der Waals surface area contributed by atoms with Crippen LogP contribution in [-0.4, -0.2) is 34.3 Å². The lowest BCUT2D eigenvalue weighted by Gasteiger charge is -2.16. The summed E-state index contributed by atoms with van der Waals surface area (Å²) in [5.74, 6) is 1.57. The quantitative estimate of drug-likeness (QED) is 0.759. The maximum Gasteiger partial charge on any atom is 0.234 e. The van der Waals surface area contributed by atoms with E-state index in [0.717, 1.165) is 21.3 Å². The molecule has 6 heteroatoms. The van der Waals surface area contributed by atoms with E-state index in [1.807, 2.05) is 37.4 Å². The molecule has 2 aromatic carbocycles. The Morgan fingerprint density at radius 3 is 2.24 bits per heavy atom. The van der Waals surface area contributed by atoms with Gasteiger partial charge in [0.15, 0.2) is 11.5 Å². The predicted octanol–water partition coefficient (Wildman–Crippen LogP) is 3.78. The van der Waals surface area contributed by atoms with Crippen molar-refractivity contribution < 1.29 is 19.0 Å². The van der Waals surface area contributed by atoms with E-state index in [4.69, 9.17) is 14.2 Å². The van der Waals surface area contributed by atoms with Gasteiger partial charge >= 0.3 is 0 Å². The number of halogens is 1. The van der Waals surface area contributed by atoms with Gasteiger partial charge in [-0.05, 0) is 47.9 Å². The number of carbonyl (C=O) groups excluding carboxylic acids is 1. The van der Waals surface area contributed by atoms with E-state index in [-0.39, 0.29) is 11.8 Å². The number of fused-ring (bicyclic) bond motifs is 1. The zero-order chi connectivity index (χ0) is 18.1. The first kappa shape index (κ1) is 17.6. The second-order valence-corrected chi connectivity index (χ2v) is 6.81. The van der Waals surface area contributed by atoms with Gasteiger partial charge in [-0.2, -0.15) is 0 Å². The Balaban J connectivity index is 2.01. The average molecular weight is 406 g/mol. The molecular weight excluding hydrogens is 386 g/mol. The maximum absolute atomic E-state index is 12.7. The highest BCUT2D eigenvalue weighted by atomic mass is 79.9. The van der Waals surface area contributed by atoms with Crippen molar-refractivity contribution in [3.63, 3.8) is 0 Å². The first-order chi connectivity index (χ1) is 12.0. The van der Waals surface area contributed by atoms with Gasteiger partial charge in [-0.1, -0.05) is 15.9 Å². The zero-order valence-corrected chi connectivity index (χ0v) is 16.2. The molecule has 1 aliphatic rings. The maximum atomic E-state index is 12.7. The molecule has 3 rings (SSSR count). The molecule has 1 amide bonds. The van der Waals surface area contributed by atoms with Crippen molar-refractivity contribution in [3.05, 3.63) is 45.9 Å². The van der Waals surface area contributed by atoms with E-state index < -0.39 is 0 Å². The van der Waals surface area contributed by atoms with Crippen LogP contribution in [0.15, 0.2) is 34.8 Å². The molecule has 1 unspecified atom stereocenters. The summed E-state index contributed by atoms with van der Waals surface area (Å²) in [5, 5.41) is 0. The minimum absolute atomic E-state index is 0.0850. The van der Waals surface area contributed by atoms with Crippen LogP contribution in [0.25, 0.3) is 0 Å². The summed E-state index contributed by atoms with van der Waals surface area (Å²) in [6.45, 7) is 0. The van der Waals surface area contributed by atoms with Crippen LogP contribution in [0, 0.1) is 0 Å². The van der Waals surface area contributed by atoms with E-state index in [0.29, 0.717) is 23.7 Å². The fraction of sp³-hybridized carbons (Fsp3) is 0.316. The highest BCUT2D eigenvalue weighted by Gasteiger charge is 2.35. The largest absolute Gasteiger partial charge is 0.493 e. The van der Waals surface area contributed by atoms with Crippen LogP contribution in [0.2, 0.25) is 0 Å². The Hall–Kier alpha value is -2.21. The zero-order valence-electron chi connectivity index (χ0n) is 14.6. The number of hydrogen-bond donors (Lipinski definition) is 0. The predicted molar refractivity (Wildman–Crippen MR) is 100 cm³/mol. The van der Waals surface area contributed by atoms with Crippen LogP contribution in [0.1, 0.15) is 17.0 Å². The Labute approximate surface area is 155 Å². The van der Waals surface area contributed by atoms with Crippen molar-refractivity contribution in [2.75, 3.05) is 33.3 Å². The smallest absolute Gasteiger partial charge is 0.234 e. The van der Waals surface area contributed by atoms with E-state index in [1.54, 1.807) is 26.2 Å². The molecule has 0 aliphatic carbocycles. The van der Waals surface area contributed by atoms with E-state index in [1.165, 1.54) is 0 Å². The van der Waals surface area contributed by atoms with Gasteiger partial charge in [0.2, 0.25) is 11.7 Å². The van der Waals surface area contributed by atoms with Crippen molar-refractivity contribution >= 4 is 27.5 Å². The van der Waals surface area contributed by atoms with Gasteiger partial charge in [0.25, 0.3) is 0 Å². The Morgan fingerprint density at radius 1 is 1.04 bits per heavy atom. The topological polar surface area (TPSA) is 48.0 Å².